The molecule has 1 aromatic rings. The Labute approximate surface area is 136 Å². The van der Waals surface area contributed by atoms with Gasteiger partial charge in [0.2, 0.25) is 0 Å². The second-order valence-electron chi connectivity index (χ2n) is 5.98. The van der Waals surface area contributed by atoms with Gasteiger partial charge in [0.05, 0.1) is 44.7 Å². The summed E-state index contributed by atoms with van der Waals surface area (Å²) in [6, 6.07) is 4.05. The third-order valence-electron chi connectivity index (χ3n) is 4.50. The summed E-state index contributed by atoms with van der Waals surface area (Å²) in [5.41, 5.74) is 0. The number of quaternary nitrogens is 1. The lowest BCUT2D eigenvalue weighted by atomic mass is 10.2. The van der Waals surface area contributed by atoms with Crippen molar-refractivity contribution in [1.82, 2.24) is 10.2 Å². The van der Waals surface area contributed by atoms with E-state index in [1.165, 1.54) is 4.90 Å². The lowest BCUT2D eigenvalue weighted by Gasteiger charge is -2.36. The molecule has 122 valence electrons. The molecule has 8 heteroatoms. The van der Waals surface area contributed by atoms with Crippen molar-refractivity contribution in [2.75, 3.05) is 37.7 Å². The van der Waals surface area contributed by atoms with Crippen LogP contribution in [0.2, 0.25) is 0 Å². The van der Waals surface area contributed by atoms with Gasteiger partial charge in [-0.3, -0.25) is 0 Å². The van der Waals surface area contributed by atoms with E-state index in [0.29, 0.717) is 18.1 Å². The molecule has 0 bridgehead atoms. The number of hydrogen-bond acceptors (Lipinski definition) is 4. The second kappa shape index (κ2) is 6.55. The molecule has 1 atom stereocenters. The molecular formula is C14H22N3O3S2+. The van der Waals surface area contributed by atoms with Crippen molar-refractivity contribution >= 4 is 27.2 Å². The van der Waals surface area contributed by atoms with Gasteiger partial charge in [0.15, 0.2) is 14.9 Å². The van der Waals surface area contributed by atoms with Gasteiger partial charge in [-0.2, -0.15) is 0 Å². The average molecular weight is 344 g/mol. The smallest absolute Gasteiger partial charge is 0.169 e. The van der Waals surface area contributed by atoms with Crippen molar-refractivity contribution in [3.05, 3.63) is 24.2 Å². The van der Waals surface area contributed by atoms with E-state index < -0.39 is 9.84 Å². The standard InChI is InChI=1S/C14H21N3O3S2/c18-22(19)9-3-12(11-22)16-4-6-17(7-5-16)14(21)15-10-13-2-1-8-20-13/h1-2,8,12H,3-7,9-11H2,(H,15,21)/p+1/t12-/m1/s1. The Morgan fingerprint density at radius 1 is 1.45 bits per heavy atom. The fraction of sp³-hybridized carbons (Fsp3) is 0.643. The Balaban J connectivity index is 1.44. The Morgan fingerprint density at radius 3 is 2.82 bits per heavy atom. The van der Waals surface area contributed by atoms with E-state index >= 15 is 0 Å². The number of sulfone groups is 1. The van der Waals surface area contributed by atoms with Crippen molar-refractivity contribution in [3.8, 4) is 0 Å². The molecule has 2 N–H and O–H groups in total. The van der Waals surface area contributed by atoms with Gasteiger partial charge >= 0.3 is 0 Å². The van der Waals surface area contributed by atoms with Crippen LogP contribution in [0, 0.1) is 0 Å². The number of rotatable bonds is 3. The van der Waals surface area contributed by atoms with Gasteiger partial charge in [-0.05, 0) is 24.4 Å². The predicted octanol–water partition coefficient (Wildman–Crippen LogP) is -0.958. The number of piperazine rings is 1. The zero-order chi connectivity index (χ0) is 15.6. The number of hydrogen-bond donors (Lipinski definition) is 2. The summed E-state index contributed by atoms with van der Waals surface area (Å²) in [5, 5.41) is 3.96. The van der Waals surface area contributed by atoms with Gasteiger partial charge in [0.1, 0.15) is 17.6 Å². The molecule has 0 amide bonds. The van der Waals surface area contributed by atoms with Crippen LogP contribution in [0.5, 0.6) is 0 Å². The first-order valence-electron chi connectivity index (χ1n) is 7.64. The van der Waals surface area contributed by atoms with E-state index in [-0.39, 0.29) is 6.04 Å². The van der Waals surface area contributed by atoms with Gasteiger partial charge in [-0.15, -0.1) is 0 Å². The fourth-order valence-corrected chi connectivity index (χ4v) is 5.29. The van der Waals surface area contributed by atoms with E-state index in [9.17, 15) is 8.42 Å². The van der Waals surface area contributed by atoms with Crippen LogP contribution >= 0.6 is 12.2 Å². The van der Waals surface area contributed by atoms with Crippen molar-refractivity contribution in [2.45, 2.75) is 19.0 Å². The maximum absolute atomic E-state index is 11.6. The molecule has 0 radical (unpaired) electrons. The summed E-state index contributed by atoms with van der Waals surface area (Å²) in [7, 11) is -2.79. The molecule has 2 aliphatic rings. The minimum Gasteiger partial charge on any atom is -0.467 e. The van der Waals surface area contributed by atoms with Crippen LogP contribution in [-0.2, 0) is 16.4 Å². The van der Waals surface area contributed by atoms with Gasteiger partial charge in [0.25, 0.3) is 0 Å². The molecule has 6 nitrogen and oxygen atoms in total. The Kier molecular flexibility index (Phi) is 4.70. The molecule has 0 aromatic carbocycles. The van der Waals surface area contributed by atoms with E-state index in [1.807, 2.05) is 12.1 Å². The molecule has 2 saturated heterocycles. The minimum absolute atomic E-state index is 0.275. The van der Waals surface area contributed by atoms with Crippen molar-refractivity contribution in [3.63, 3.8) is 0 Å². The van der Waals surface area contributed by atoms with Crippen LogP contribution in [0.15, 0.2) is 22.8 Å². The first-order chi connectivity index (χ1) is 10.5. The largest absolute Gasteiger partial charge is 0.467 e. The van der Waals surface area contributed by atoms with Crippen molar-refractivity contribution in [1.29, 1.82) is 0 Å². The normalized spacial score (nSPS) is 25.3. The van der Waals surface area contributed by atoms with Crippen LogP contribution in [0.4, 0.5) is 0 Å². The van der Waals surface area contributed by atoms with Crippen LogP contribution in [0.3, 0.4) is 0 Å². The third-order valence-corrected chi connectivity index (χ3v) is 6.67. The number of thiocarbonyl (C=S) groups is 1. The second-order valence-corrected chi connectivity index (χ2v) is 8.60. The highest BCUT2D eigenvalue weighted by molar-refractivity contribution is 7.91. The maximum atomic E-state index is 11.6. The van der Waals surface area contributed by atoms with Gasteiger partial charge in [-0.1, -0.05) is 0 Å². The molecule has 2 fully saturated rings. The molecular weight excluding hydrogens is 322 g/mol. The molecule has 22 heavy (non-hydrogen) atoms. The fourth-order valence-electron chi connectivity index (χ4n) is 3.21. The van der Waals surface area contributed by atoms with E-state index in [2.05, 4.69) is 10.2 Å². The monoisotopic (exact) mass is 344 g/mol. The number of furan rings is 1. The summed E-state index contributed by atoms with van der Waals surface area (Å²) in [6.07, 6.45) is 2.46. The predicted molar refractivity (Wildman–Crippen MR) is 87.5 cm³/mol. The van der Waals surface area contributed by atoms with Crippen molar-refractivity contribution < 1.29 is 17.7 Å². The lowest BCUT2D eigenvalue weighted by Crippen LogP contribution is -3.18. The summed E-state index contributed by atoms with van der Waals surface area (Å²) >= 11 is 5.42. The quantitative estimate of drug-likeness (QED) is 0.689. The first kappa shape index (κ1) is 15.8. The molecule has 3 rings (SSSR count). The summed E-state index contributed by atoms with van der Waals surface area (Å²) in [5.74, 6) is 1.57. The Bertz CT molecular complexity index is 607. The lowest BCUT2D eigenvalue weighted by molar-refractivity contribution is -0.925. The van der Waals surface area contributed by atoms with Crippen LogP contribution in [0.25, 0.3) is 0 Å². The molecule has 0 aliphatic carbocycles. The summed E-state index contributed by atoms with van der Waals surface area (Å²) in [6.45, 7) is 4.23. The summed E-state index contributed by atoms with van der Waals surface area (Å²) < 4.78 is 28.5. The Morgan fingerprint density at radius 2 is 2.23 bits per heavy atom. The van der Waals surface area contributed by atoms with Crippen LogP contribution < -0.4 is 10.2 Å². The molecule has 0 unspecified atom stereocenters. The van der Waals surface area contributed by atoms with Gasteiger partial charge in [-0.25, -0.2) is 8.42 Å². The highest BCUT2D eigenvalue weighted by atomic mass is 32.2. The average Bonchev–Trinajstić information content (AvgIpc) is 3.14. The maximum Gasteiger partial charge on any atom is 0.169 e. The van der Waals surface area contributed by atoms with Gasteiger partial charge in [0, 0.05) is 6.42 Å². The SMILES string of the molecule is O=S1(=O)CC[C@@H]([NH+]2CCN(C(=S)NCc3ccco3)CC2)C1. The van der Waals surface area contributed by atoms with E-state index in [1.54, 1.807) is 6.26 Å². The summed E-state index contributed by atoms with van der Waals surface area (Å²) in [4.78, 5) is 3.57. The zero-order valence-corrected chi connectivity index (χ0v) is 14.1. The number of nitrogens with one attached hydrogen (secondary N) is 2. The molecule has 2 aliphatic heterocycles. The molecule has 0 spiro atoms. The third kappa shape index (κ3) is 3.80. The topological polar surface area (TPSA) is 67.0 Å². The zero-order valence-electron chi connectivity index (χ0n) is 12.5. The van der Waals surface area contributed by atoms with Gasteiger partial charge < -0.3 is 19.5 Å². The molecule has 3 heterocycles. The number of nitrogens with zero attached hydrogens (tertiary/aromatic N) is 1. The highest BCUT2D eigenvalue weighted by Crippen LogP contribution is 2.09. The van der Waals surface area contributed by atoms with Crippen LogP contribution in [0.1, 0.15) is 12.2 Å². The first-order valence-corrected chi connectivity index (χ1v) is 9.87. The van der Waals surface area contributed by atoms with Crippen molar-refractivity contribution in [2.24, 2.45) is 0 Å². The minimum atomic E-state index is -2.79. The molecule has 0 saturated carbocycles. The highest BCUT2D eigenvalue weighted by Gasteiger charge is 2.37. The molecule has 1 aromatic heterocycles. The van der Waals surface area contributed by atoms with E-state index in [0.717, 1.165) is 43.5 Å². The van der Waals surface area contributed by atoms with E-state index in [4.69, 9.17) is 16.6 Å². The van der Waals surface area contributed by atoms with Crippen LogP contribution in [-0.4, -0.2) is 62.2 Å². The Hall–Kier alpha value is -1.12.